The minimum absolute atomic E-state index is 0.0754. The van der Waals surface area contributed by atoms with Crippen molar-refractivity contribution in [3.8, 4) is 5.75 Å². The molecule has 130 valence electrons. The molecule has 1 saturated heterocycles. The monoisotopic (exact) mass is 339 g/mol. The number of benzene rings is 1. The van der Waals surface area contributed by atoms with E-state index in [1.807, 2.05) is 48.2 Å². The fourth-order valence-electron chi connectivity index (χ4n) is 3.27. The van der Waals surface area contributed by atoms with Gasteiger partial charge in [0.1, 0.15) is 18.1 Å². The number of hydrogen-bond acceptors (Lipinski definition) is 5. The van der Waals surface area contributed by atoms with Gasteiger partial charge in [-0.3, -0.25) is 9.69 Å². The fraction of sp³-hybridized carbons (Fsp3) is 0.368. The molecular formula is C19H21N3O3. The Morgan fingerprint density at radius 3 is 2.76 bits per heavy atom. The van der Waals surface area contributed by atoms with Gasteiger partial charge >= 0.3 is 0 Å². The van der Waals surface area contributed by atoms with E-state index in [9.17, 15) is 4.79 Å². The number of ether oxygens (including phenoxy) is 1. The lowest BCUT2D eigenvalue weighted by Crippen LogP contribution is -2.49. The van der Waals surface area contributed by atoms with E-state index in [1.54, 1.807) is 0 Å². The van der Waals surface area contributed by atoms with Crippen LogP contribution in [0.3, 0.4) is 0 Å². The van der Waals surface area contributed by atoms with Crippen molar-refractivity contribution >= 4 is 12.0 Å². The molecule has 0 bridgehead atoms. The predicted octanol–water partition coefficient (Wildman–Crippen LogP) is 2.10. The molecule has 25 heavy (non-hydrogen) atoms. The highest BCUT2D eigenvalue weighted by Gasteiger charge is 2.26. The van der Waals surface area contributed by atoms with E-state index in [0.29, 0.717) is 19.7 Å². The number of nitrogens with zero attached hydrogens (tertiary/aromatic N) is 3. The van der Waals surface area contributed by atoms with Crippen molar-refractivity contribution in [3.63, 3.8) is 0 Å². The number of para-hydroxylation sites is 1. The molecule has 0 N–H and O–H groups in total. The number of rotatable bonds is 3. The lowest BCUT2D eigenvalue weighted by molar-refractivity contribution is -0.129. The normalized spacial score (nSPS) is 17.6. The summed E-state index contributed by atoms with van der Waals surface area (Å²) >= 11 is 0. The fourth-order valence-corrected chi connectivity index (χ4v) is 3.27. The van der Waals surface area contributed by atoms with Crippen LogP contribution in [0.25, 0.3) is 6.08 Å². The second-order valence-corrected chi connectivity index (χ2v) is 6.49. The van der Waals surface area contributed by atoms with Crippen molar-refractivity contribution in [3.05, 3.63) is 52.9 Å². The van der Waals surface area contributed by atoms with E-state index in [-0.39, 0.29) is 5.91 Å². The number of carbonyl (C=O) groups is 1. The predicted molar refractivity (Wildman–Crippen MR) is 93.0 cm³/mol. The van der Waals surface area contributed by atoms with Crippen LogP contribution in [0.2, 0.25) is 0 Å². The second-order valence-electron chi connectivity index (χ2n) is 6.49. The zero-order valence-corrected chi connectivity index (χ0v) is 14.3. The summed E-state index contributed by atoms with van der Waals surface area (Å²) in [6, 6.07) is 9.75. The third-order valence-electron chi connectivity index (χ3n) is 4.63. The van der Waals surface area contributed by atoms with Gasteiger partial charge in [-0.2, -0.15) is 0 Å². The summed E-state index contributed by atoms with van der Waals surface area (Å²) in [6.45, 7) is 6.10. The van der Waals surface area contributed by atoms with Crippen molar-refractivity contribution in [2.75, 3.05) is 32.8 Å². The Hall–Kier alpha value is -2.60. The van der Waals surface area contributed by atoms with E-state index in [1.165, 1.54) is 0 Å². The van der Waals surface area contributed by atoms with Crippen LogP contribution in [0, 0.1) is 6.92 Å². The van der Waals surface area contributed by atoms with E-state index < -0.39 is 0 Å². The van der Waals surface area contributed by atoms with Crippen LogP contribution >= 0.6 is 0 Å². The van der Waals surface area contributed by atoms with Crippen LogP contribution in [0.15, 0.2) is 40.4 Å². The van der Waals surface area contributed by atoms with Gasteiger partial charge < -0.3 is 14.2 Å². The van der Waals surface area contributed by atoms with Crippen LogP contribution in [0.4, 0.5) is 0 Å². The molecule has 0 aliphatic carbocycles. The molecule has 2 aliphatic heterocycles. The lowest BCUT2D eigenvalue weighted by Gasteiger charge is -2.35. The molecule has 0 unspecified atom stereocenters. The molecule has 0 saturated carbocycles. The highest BCUT2D eigenvalue weighted by Crippen LogP contribution is 2.26. The third kappa shape index (κ3) is 3.44. The first-order chi connectivity index (χ1) is 12.2. The molecule has 1 aromatic heterocycles. The summed E-state index contributed by atoms with van der Waals surface area (Å²) in [5, 5.41) is 4.04. The first-order valence-electron chi connectivity index (χ1n) is 8.55. The van der Waals surface area contributed by atoms with Crippen LogP contribution in [-0.4, -0.2) is 53.6 Å². The minimum Gasteiger partial charge on any atom is -0.488 e. The van der Waals surface area contributed by atoms with Gasteiger partial charge in [-0.25, -0.2) is 0 Å². The molecule has 6 nitrogen and oxygen atoms in total. The standard InChI is InChI=1S/C19H21N3O3/c1-14-10-17(20-25-14)12-21-6-8-22(9-7-21)19(23)16-11-15-4-2-3-5-18(15)24-13-16/h2-5,10-11H,6-9,12-13H2,1H3. The molecule has 1 aromatic carbocycles. The topological polar surface area (TPSA) is 58.8 Å². The Kier molecular flexibility index (Phi) is 4.28. The summed E-state index contributed by atoms with van der Waals surface area (Å²) in [7, 11) is 0. The summed E-state index contributed by atoms with van der Waals surface area (Å²) in [6.07, 6.45) is 1.95. The molecule has 1 amide bonds. The molecule has 0 spiro atoms. The zero-order valence-electron chi connectivity index (χ0n) is 14.3. The van der Waals surface area contributed by atoms with Gasteiger partial charge in [0.25, 0.3) is 5.91 Å². The molecule has 2 aromatic rings. The number of hydrogen-bond donors (Lipinski definition) is 0. The van der Waals surface area contributed by atoms with Crippen molar-refractivity contribution in [1.29, 1.82) is 0 Å². The van der Waals surface area contributed by atoms with Crippen molar-refractivity contribution in [2.24, 2.45) is 0 Å². The summed E-state index contributed by atoms with van der Waals surface area (Å²) in [5.41, 5.74) is 2.63. The smallest absolute Gasteiger partial charge is 0.253 e. The van der Waals surface area contributed by atoms with Crippen LogP contribution < -0.4 is 4.74 Å². The number of piperazine rings is 1. The van der Waals surface area contributed by atoms with Crippen molar-refractivity contribution < 1.29 is 14.1 Å². The van der Waals surface area contributed by atoms with E-state index >= 15 is 0 Å². The SMILES string of the molecule is Cc1cc(CN2CCN(C(=O)C3=Cc4ccccc4OC3)CC2)no1. The van der Waals surface area contributed by atoms with Gasteiger partial charge in [0.15, 0.2) is 0 Å². The Bertz CT molecular complexity index is 804. The Balaban J connectivity index is 1.36. The average Bonchev–Trinajstić information content (AvgIpc) is 3.06. The summed E-state index contributed by atoms with van der Waals surface area (Å²) < 4.78 is 10.8. The number of carbonyl (C=O) groups excluding carboxylic acids is 1. The summed E-state index contributed by atoms with van der Waals surface area (Å²) in [4.78, 5) is 17.0. The molecule has 2 aliphatic rings. The van der Waals surface area contributed by atoms with Gasteiger partial charge in [-0.05, 0) is 19.1 Å². The first kappa shape index (κ1) is 15.9. The Labute approximate surface area is 146 Å². The van der Waals surface area contributed by atoms with Crippen LogP contribution in [-0.2, 0) is 11.3 Å². The maximum absolute atomic E-state index is 12.8. The largest absolute Gasteiger partial charge is 0.488 e. The van der Waals surface area contributed by atoms with Gasteiger partial charge in [-0.15, -0.1) is 0 Å². The Morgan fingerprint density at radius 2 is 2.00 bits per heavy atom. The van der Waals surface area contributed by atoms with Gasteiger partial charge in [0.05, 0.1) is 11.3 Å². The van der Waals surface area contributed by atoms with Crippen molar-refractivity contribution in [1.82, 2.24) is 15.0 Å². The quantitative estimate of drug-likeness (QED) is 0.857. The van der Waals surface area contributed by atoms with Crippen LogP contribution in [0.5, 0.6) is 5.75 Å². The van der Waals surface area contributed by atoms with E-state index in [4.69, 9.17) is 9.26 Å². The number of amides is 1. The molecule has 6 heteroatoms. The Morgan fingerprint density at radius 1 is 1.20 bits per heavy atom. The number of fused-ring (bicyclic) bond motifs is 1. The van der Waals surface area contributed by atoms with Gasteiger partial charge in [0.2, 0.25) is 0 Å². The molecule has 4 rings (SSSR count). The summed E-state index contributed by atoms with van der Waals surface area (Å²) in [5.74, 6) is 1.74. The highest BCUT2D eigenvalue weighted by molar-refractivity contribution is 5.99. The third-order valence-corrected chi connectivity index (χ3v) is 4.63. The first-order valence-corrected chi connectivity index (χ1v) is 8.55. The lowest BCUT2D eigenvalue weighted by atomic mass is 10.1. The minimum atomic E-state index is 0.0754. The number of aromatic nitrogens is 1. The van der Waals surface area contributed by atoms with E-state index in [0.717, 1.165) is 48.0 Å². The maximum Gasteiger partial charge on any atom is 0.253 e. The molecule has 1 fully saturated rings. The molecule has 0 radical (unpaired) electrons. The second kappa shape index (κ2) is 6.72. The van der Waals surface area contributed by atoms with Crippen molar-refractivity contribution in [2.45, 2.75) is 13.5 Å². The number of aryl methyl sites for hydroxylation is 1. The van der Waals surface area contributed by atoms with Gasteiger partial charge in [-0.1, -0.05) is 23.4 Å². The van der Waals surface area contributed by atoms with E-state index in [2.05, 4.69) is 10.1 Å². The molecular weight excluding hydrogens is 318 g/mol. The maximum atomic E-state index is 12.8. The van der Waals surface area contributed by atoms with Gasteiger partial charge in [0, 0.05) is 44.4 Å². The molecule has 3 heterocycles. The molecule has 0 atom stereocenters. The van der Waals surface area contributed by atoms with Crippen LogP contribution in [0.1, 0.15) is 17.0 Å². The highest BCUT2D eigenvalue weighted by atomic mass is 16.5. The zero-order chi connectivity index (χ0) is 17.2. The average molecular weight is 339 g/mol.